The van der Waals surface area contributed by atoms with Crippen LogP contribution in [0.1, 0.15) is 65.9 Å². The molecule has 4 atom stereocenters. The fourth-order valence-electron chi connectivity index (χ4n) is 4.57. The zero-order chi connectivity index (χ0) is 25.7. The van der Waals surface area contributed by atoms with Gasteiger partial charge in [-0.2, -0.15) is 0 Å². The molecular weight excluding hydrogens is 436 g/mol. The molecule has 8 nitrogen and oxygen atoms in total. The summed E-state index contributed by atoms with van der Waals surface area (Å²) in [6, 6.07) is 6.27. The number of carbonyl (C=O) groups is 3. The van der Waals surface area contributed by atoms with Gasteiger partial charge in [-0.3, -0.25) is 4.79 Å². The summed E-state index contributed by atoms with van der Waals surface area (Å²) >= 11 is 0. The van der Waals surface area contributed by atoms with E-state index in [4.69, 9.17) is 4.74 Å². The predicted molar refractivity (Wildman–Crippen MR) is 130 cm³/mol. The number of benzene rings is 1. The van der Waals surface area contributed by atoms with Crippen LogP contribution in [0.4, 0.5) is 0 Å². The Balaban J connectivity index is 2.19. The van der Waals surface area contributed by atoms with Crippen molar-refractivity contribution in [3.8, 4) is 5.75 Å². The molecule has 34 heavy (non-hydrogen) atoms. The third-order valence-corrected chi connectivity index (χ3v) is 7.23. The zero-order valence-corrected chi connectivity index (χ0v) is 21.3. The lowest BCUT2D eigenvalue weighted by atomic mass is 9.74. The Morgan fingerprint density at radius 3 is 2.50 bits per heavy atom. The fraction of sp³-hybridized carbons (Fsp3) is 0.654. The second-order valence-electron chi connectivity index (χ2n) is 10.2. The Morgan fingerprint density at radius 1 is 1.24 bits per heavy atom. The van der Waals surface area contributed by atoms with Crippen LogP contribution in [0.5, 0.6) is 5.75 Å². The van der Waals surface area contributed by atoms with Crippen molar-refractivity contribution in [1.29, 1.82) is 0 Å². The van der Waals surface area contributed by atoms with E-state index in [0.717, 1.165) is 44.3 Å². The number of carbonyl (C=O) groups excluding carboxylic acids is 2. The monoisotopic (exact) mass is 476 g/mol. The standard InChI is InChI=1S/C26H40N2O6/c1-7-26(13-8-9-14-28(6)16-26)19-11-10-12-20(15-19)34-24(32)25(5,33)18(4)22(29)27-21(17(2)3)23(30)31/h10-12,15,17-18,21,33H,7-9,13-14,16H2,1-6H3,(H,27,29)(H,30,31). The SMILES string of the molecule is CCC1(c2cccc(OC(=O)C(C)(O)C(C)C(=O)NC(C(=O)O)C(C)C)c2)CCCCN(C)C1. The van der Waals surface area contributed by atoms with Crippen molar-refractivity contribution < 1.29 is 29.3 Å². The summed E-state index contributed by atoms with van der Waals surface area (Å²) in [6.45, 7) is 10.1. The lowest BCUT2D eigenvalue weighted by Gasteiger charge is -2.35. The van der Waals surface area contributed by atoms with Gasteiger partial charge in [0.25, 0.3) is 0 Å². The van der Waals surface area contributed by atoms with Crippen molar-refractivity contribution in [1.82, 2.24) is 10.2 Å². The third kappa shape index (κ3) is 6.36. The van der Waals surface area contributed by atoms with Gasteiger partial charge in [-0.25, -0.2) is 9.59 Å². The highest BCUT2D eigenvalue weighted by molar-refractivity contribution is 5.92. The van der Waals surface area contributed by atoms with Gasteiger partial charge in [0.2, 0.25) is 5.91 Å². The van der Waals surface area contributed by atoms with Crippen molar-refractivity contribution in [2.75, 3.05) is 20.1 Å². The Morgan fingerprint density at radius 2 is 1.91 bits per heavy atom. The van der Waals surface area contributed by atoms with Gasteiger partial charge in [-0.15, -0.1) is 0 Å². The number of ether oxygens (including phenoxy) is 1. The number of aliphatic carboxylic acids is 1. The second kappa shape index (κ2) is 11.3. The minimum atomic E-state index is -2.15. The van der Waals surface area contributed by atoms with Crippen molar-refractivity contribution in [3.63, 3.8) is 0 Å². The van der Waals surface area contributed by atoms with Crippen molar-refractivity contribution in [2.45, 2.75) is 77.4 Å². The molecule has 0 aromatic heterocycles. The van der Waals surface area contributed by atoms with Gasteiger partial charge in [-0.1, -0.05) is 46.2 Å². The number of likely N-dealkylation sites (N-methyl/N-ethyl adjacent to an activating group) is 1. The van der Waals surface area contributed by atoms with E-state index in [2.05, 4.69) is 24.2 Å². The van der Waals surface area contributed by atoms with Gasteiger partial charge < -0.3 is 25.2 Å². The molecule has 1 aliphatic heterocycles. The molecule has 0 spiro atoms. The molecule has 1 saturated heterocycles. The highest BCUT2D eigenvalue weighted by atomic mass is 16.6. The summed E-state index contributed by atoms with van der Waals surface area (Å²) in [5.41, 5.74) is -1.11. The molecule has 190 valence electrons. The normalized spacial score (nSPS) is 22.8. The van der Waals surface area contributed by atoms with Gasteiger partial charge in [0.05, 0.1) is 5.92 Å². The van der Waals surface area contributed by atoms with Gasteiger partial charge in [0.15, 0.2) is 5.60 Å². The molecule has 0 bridgehead atoms. The van der Waals surface area contributed by atoms with E-state index in [1.54, 1.807) is 19.9 Å². The van der Waals surface area contributed by atoms with Crippen molar-refractivity contribution >= 4 is 17.8 Å². The molecule has 1 aromatic rings. The summed E-state index contributed by atoms with van der Waals surface area (Å²) in [5, 5.41) is 22.6. The number of hydrogen-bond acceptors (Lipinski definition) is 6. The Bertz CT molecular complexity index is 884. The molecule has 1 fully saturated rings. The number of esters is 1. The van der Waals surface area contributed by atoms with Gasteiger partial charge in [0, 0.05) is 12.0 Å². The van der Waals surface area contributed by atoms with Crippen LogP contribution in [0.25, 0.3) is 0 Å². The first-order valence-electron chi connectivity index (χ1n) is 12.1. The molecule has 1 aromatic carbocycles. The number of hydrogen-bond donors (Lipinski definition) is 3. The minimum absolute atomic E-state index is 0.0496. The van der Waals surface area contributed by atoms with Crippen LogP contribution in [0.2, 0.25) is 0 Å². The summed E-state index contributed by atoms with van der Waals surface area (Å²) in [4.78, 5) is 39.3. The maximum absolute atomic E-state index is 12.9. The van der Waals surface area contributed by atoms with Crippen LogP contribution in [-0.4, -0.2) is 64.7 Å². The van der Waals surface area contributed by atoms with Crippen LogP contribution < -0.4 is 10.1 Å². The maximum atomic E-state index is 12.9. The minimum Gasteiger partial charge on any atom is -0.480 e. The molecule has 2 rings (SSSR count). The Labute approximate surface area is 202 Å². The highest BCUT2D eigenvalue weighted by Crippen LogP contribution is 2.38. The molecule has 8 heteroatoms. The highest BCUT2D eigenvalue weighted by Gasteiger charge is 2.44. The first-order chi connectivity index (χ1) is 15.8. The van der Waals surface area contributed by atoms with Crippen LogP contribution in [0.3, 0.4) is 0 Å². The summed E-state index contributed by atoms with van der Waals surface area (Å²) < 4.78 is 5.53. The zero-order valence-electron chi connectivity index (χ0n) is 21.3. The number of rotatable bonds is 9. The van der Waals surface area contributed by atoms with Gasteiger partial charge in [-0.05, 0) is 63.4 Å². The van der Waals surface area contributed by atoms with E-state index in [1.165, 1.54) is 13.8 Å². The molecule has 0 saturated carbocycles. The lowest BCUT2D eigenvalue weighted by molar-refractivity contribution is -0.163. The Kier molecular flexibility index (Phi) is 9.25. The van der Waals surface area contributed by atoms with E-state index in [9.17, 15) is 24.6 Å². The summed E-state index contributed by atoms with van der Waals surface area (Å²) in [6.07, 6.45) is 4.26. The molecule has 0 aliphatic carbocycles. The number of carboxylic acid groups (broad SMARTS) is 1. The van der Waals surface area contributed by atoms with Crippen LogP contribution in [-0.2, 0) is 19.8 Å². The van der Waals surface area contributed by atoms with Crippen molar-refractivity contribution in [3.05, 3.63) is 29.8 Å². The molecule has 1 amide bonds. The van der Waals surface area contributed by atoms with E-state index in [0.29, 0.717) is 5.75 Å². The third-order valence-electron chi connectivity index (χ3n) is 7.23. The van der Waals surface area contributed by atoms with Crippen LogP contribution in [0.15, 0.2) is 24.3 Å². The summed E-state index contributed by atoms with van der Waals surface area (Å²) in [7, 11) is 2.12. The molecular formula is C26H40N2O6. The number of likely N-dealkylation sites (tertiary alicyclic amines) is 1. The number of amides is 1. The average molecular weight is 477 g/mol. The van der Waals surface area contributed by atoms with Crippen LogP contribution >= 0.6 is 0 Å². The van der Waals surface area contributed by atoms with E-state index in [-0.39, 0.29) is 11.3 Å². The van der Waals surface area contributed by atoms with Gasteiger partial charge in [0.1, 0.15) is 11.8 Å². The Hall–Kier alpha value is -2.45. The molecule has 4 unspecified atom stereocenters. The van der Waals surface area contributed by atoms with E-state index < -0.39 is 35.4 Å². The van der Waals surface area contributed by atoms with E-state index >= 15 is 0 Å². The van der Waals surface area contributed by atoms with Gasteiger partial charge >= 0.3 is 11.9 Å². The van der Waals surface area contributed by atoms with Crippen molar-refractivity contribution in [2.24, 2.45) is 11.8 Å². The smallest absolute Gasteiger partial charge is 0.344 e. The topological polar surface area (TPSA) is 116 Å². The first-order valence-corrected chi connectivity index (χ1v) is 12.1. The number of carboxylic acids is 1. The largest absolute Gasteiger partial charge is 0.480 e. The number of nitrogens with one attached hydrogen (secondary N) is 1. The molecule has 1 aliphatic rings. The molecule has 3 N–H and O–H groups in total. The number of aliphatic hydroxyl groups is 1. The van der Waals surface area contributed by atoms with Crippen LogP contribution in [0, 0.1) is 11.8 Å². The average Bonchev–Trinajstić information content (AvgIpc) is 2.98. The molecule has 1 heterocycles. The summed E-state index contributed by atoms with van der Waals surface area (Å²) in [5.74, 6) is -4.15. The first kappa shape index (κ1) is 27.8. The predicted octanol–water partition coefficient (Wildman–Crippen LogP) is 2.97. The lowest BCUT2D eigenvalue weighted by Crippen LogP contribution is -2.54. The maximum Gasteiger partial charge on any atom is 0.344 e. The number of nitrogens with zero attached hydrogens (tertiary/aromatic N) is 1. The second-order valence-corrected chi connectivity index (χ2v) is 10.2. The fourth-order valence-corrected chi connectivity index (χ4v) is 4.57. The van der Waals surface area contributed by atoms with E-state index in [1.807, 2.05) is 18.2 Å². The quantitative estimate of drug-likeness (QED) is 0.371. The molecule has 0 radical (unpaired) electrons.